The minimum atomic E-state index is -4.90. The number of carbonyl (C=O) groups is 2. The summed E-state index contributed by atoms with van der Waals surface area (Å²) in [5.41, 5.74) is -2.90. The number of likely N-dealkylation sites (tertiary alicyclic amines) is 1. The number of halogens is 3. The Morgan fingerprint density at radius 2 is 2.10 bits per heavy atom. The zero-order chi connectivity index (χ0) is 15.1. The molecule has 1 aliphatic heterocycles. The molecule has 1 fully saturated rings. The third-order valence-electron chi connectivity index (χ3n) is 3.44. The zero-order valence-electron chi connectivity index (χ0n) is 10.5. The van der Waals surface area contributed by atoms with Crippen molar-refractivity contribution in [1.82, 2.24) is 14.7 Å². The molecule has 1 saturated heterocycles. The highest BCUT2D eigenvalue weighted by molar-refractivity contribution is 5.93. The summed E-state index contributed by atoms with van der Waals surface area (Å²) in [6, 6.07) is 1.37. The van der Waals surface area contributed by atoms with Gasteiger partial charge in [0.25, 0.3) is 5.91 Å². The average molecular weight is 291 g/mol. The summed E-state index contributed by atoms with van der Waals surface area (Å²) in [6.45, 7) is -1.15. The number of carbonyl (C=O) groups excluding carboxylic acids is 1. The van der Waals surface area contributed by atoms with Crippen LogP contribution in [0.1, 0.15) is 16.9 Å². The van der Waals surface area contributed by atoms with Gasteiger partial charge in [0.2, 0.25) is 0 Å². The van der Waals surface area contributed by atoms with Crippen LogP contribution in [-0.4, -0.2) is 50.9 Å². The van der Waals surface area contributed by atoms with Crippen LogP contribution >= 0.6 is 0 Å². The smallest absolute Gasteiger partial charge is 0.406 e. The van der Waals surface area contributed by atoms with Crippen molar-refractivity contribution in [2.75, 3.05) is 13.1 Å². The fraction of sp³-hybridized carbons (Fsp3) is 0.545. The molecule has 0 saturated carbocycles. The van der Waals surface area contributed by atoms with Crippen LogP contribution in [-0.2, 0) is 11.8 Å². The normalized spacial score (nSPS) is 23.1. The first kappa shape index (κ1) is 14.4. The summed E-state index contributed by atoms with van der Waals surface area (Å²) in [5, 5.41) is 12.7. The van der Waals surface area contributed by atoms with E-state index in [9.17, 15) is 22.8 Å². The first-order chi connectivity index (χ1) is 9.17. The van der Waals surface area contributed by atoms with Crippen molar-refractivity contribution in [2.45, 2.75) is 12.6 Å². The third-order valence-corrected chi connectivity index (χ3v) is 3.44. The predicted molar refractivity (Wildman–Crippen MR) is 59.9 cm³/mol. The Morgan fingerprint density at radius 3 is 2.50 bits per heavy atom. The van der Waals surface area contributed by atoms with Gasteiger partial charge in [-0.05, 0) is 12.5 Å². The quantitative estimate of drug-likeness (QED) is 0.878. The van der Waals surface area contributed by atoms with E-state index in [1.54, 1.807) is 7.05 Å². The number of nitrogens with zero attached hydrogens (tertiary/aromatic N) is 3. The second-order valence-electron chi connectivity index (χ2n) is 4.74. The Labute approximate surface area is 111 Å². The molecule has 0 bridgehead atoms. The highest BCUT2D eigenvalue weighted by atomic mass is 19.4. The SMILES string of the molecule is Cn1ccc(C(=O)N2CCC(C(=O)O)(C(F)(F)F)C2)n1. The number of aryl methyl sites for hydroxylation is 1. The topological polar surface area (TPSA) is 75.4 Å². The van der Waals surface area contributed by atoms with Gasteiger partial charge < -0.3 is 10.0 Å². The fourth-order valence-electron chi connectivity index (χ4n) is 2.20. The van der Waals surface area contributed by atoms with Crippen LogP contribution in [0.2, 0.25) is 0 Å². The highest BCUT2D eigenvalue weighted by Gasteiger charge is 2.64. The number of carboxylic acids is 1. The summed E-state index contributed by atoms with van der Waals surface area (Å²) in [7, 11) is 1.57. The van der Waals surface area contributed by atoms with Gasteiger partial charge in [0.15, 0.2) is 5.41 Å². The van der Waals surface area contributed by atoms with E-state index < -0.39 is 36.4 Å². The molecule has 2 rings (SSSR count). The third kappa shape index (κ3) is 2.12. The van der Waals surface area contributed by atoms with Gasteiger partial charge in [0.05, 0.1) is 0 Å². The molecule has 1 aliphatic rings. The zero-order valence-corrected chi connectivity index (χ0v) is 10.5. The van der Waals surface area contributed by atoms with E-state index in [1.165, 1.54) is 16.9 Å². The minimum absolute atomic E-state index is 0.00383. The Bertz CT molecular complexity index is 555. The van der Waals surface area contributed by atoms with Gasteiger partial charge >= 0.3 is 12.1 Å². The second-order valence-corrected chi connectivity index (χ2v) is 4.74. The lowest BCUT2D eigenvalue weighted by molar-refractivity contribution is -0.227. The largest absolute Gasteiger partial charge is 0.481 e. The van der Waals surface area contributed by atoms with Crippen LogP contribution in [0.25, 0.3) is 0 Å². The van der Waals surface area contributed by atoms with Gasteiger partial charge in [-0.15, -0.1) is 0 Å². The van der Waals surface area contributed by atoms with Gasteiger partial charge in [-0.25, -0.2) is 0 Å². The molecule has 2 heterocycles. The number of carboxylic acid groups (broad SMARTS) is 1. The number of hydrogen-bond acceptors (Lipinski definition) is 3. The standard InChI is InChI=1S/C11H12F3N3O3/c1-16-4-2-7(15-16)8(18)17-5-3-10(6-17,9(19)20)11(12,13)14/h2,4H,3,5-6H2,1H3,(H,19,20). The van der Waals surface area contributed by atoms with Crippen LogP contribution in [0.4, 0.5) is 13.2 Å². The van der Waals surface area contributed by atoms with Crippen molar-refractivity contribution in [2.24, 2.45) is 12.5 Å². The van der Waals surface area contributed by atoms with E-state index in [2.05, 4.69) is 5.10 Å². The van der Waals surface area contributed by atoms with Gasteiger partial charge in [0, 0.05) is 26.3 Å². The lowest BCUT2D eigenvalue weighted by atomic mass is 9.86. The van der Waals surface area contributed by atoms with Crippen molar-refractivity contribution in [1.29, 1.82) is 0 Å². The van der Waals surface area contributed by atoms with E-state index in [0.29, 0.717) is 0 Å². The average Bonchev–Trinajstić information content (AvgIpc) is 2.93. The summed E-state index contributed by atoms with van der Waals surface area (Å²) in [5.74, 6) is -2.65. The van der Waals surface area contributed by atoms with Crippen LogP contribution in [0.5, 0.6) is 0 Å². The molecular formula is C11H12F3N3O3. The highest BCUT2D eigenvalue weighted by Crippen LogP contribution is 2.45. The molecule has 1 amide bonds. The molecule has 0 spiro atoms. The number of alkyl halides is 3. The molecule has 1 aromatic rings. The Balaban J connectivity index is 2.23. The molecular weight excluding hydrogens is 279 g/mol. The van der Waals surface area contributed by atoms with E-state index >= 15 is 0 Å². The lowest BCUT2D eigenvalue weighted by Crippen LogP contribution is -2.47. The number of rotatable bonds is 2. The summed E-state index contributed by atoms with van der Waals surface area (Å²) in [6.07, 6.45) is -4.07. The van der Waals surface area contributed by atoms with E-state index in [1.807, 2.05) is 0 Å². The first-order valence-electron chi connectivity index (χ1n) is 5.76. The Morgan fingerprint density at radius 1 is 1.45 bits per heavy atom. The minimum Gasteiger partial charge on any atom is -0.481 e. The van der Waals surface area contributed by atoms with Crippen LogP contribution in [0, 0.1) is 5.41 Å². The first-order valence-corrected chi connectivity index (χ1v) is 5.76. The lowest BCUT2D eigenvalue weighted by Gasteiger charge is -2.27. The monoisotopic (exact) mass is 291 g/mol. The molecule has 0 aliphatic carbocycles. The molecule has 20 heavy (non-hydrogen) atoms. The van der Waals surface area contributed by atoms with Gasteiger partial charge in [-0.3, -0.25) is 14.3 Å². The van der Waals surface area contributed by atoms with Crippen molar-refractivity contribution < 1.29 is 27.9 Å². The molecule has 110 valence electrons. The Kier molecular flexibility index (Phi) is 3.23. The summed E-state index contributed by atoms with van der Waals surface area (Å²) in [4.78, 5) is 23.9. The second kappa shape index (κ2) is 4.50. The fourth-order valence-corrected chi connectivity index (χ4v) is 2.20. The number of aromatic nitrogens is 2. The maximum Gasteiger partial charge on any atom is 0.406 e. The van der Waals surface area contributed by atoms with Gasteiger partial charge in [0.1, 0.15) is 5.69 Å². The van der Waals surface area contributed by atoms with E-state index in [4.69, 9.17) is 5.11 Å². The molecule has 1 unspecified atom stereocenters. The summed E-state index contributed by atoms with van der Waals surface area (Å²) >= 11 is 0. The molecule has 0 aromatic carbocycles. The molecule has 1 aromatic heterocycles. The number of amides is 1. The van der Waals surface area contributed by atoms with E-state index in [-0.39, 0.29) is 12.2 Å². The van der Waals surface area contributed by atoms with Crippen molar-refractivity contribution in [3.05, 3.63) is 18.0 Å². The van der Waals surface area contributed by atoms with Crippen LogP contribution < -0.4 is 0 Å². The maximum absolute atomic E-state index is 13.0. The van der Waals surface area contributed by atoms with Crippen LogP contribution in [0.3, 0.4) is 0 Å². The summed E-state index contributed by atoms with van der Waals surface area (Å²) < 4.78 is 40.3. The van der Waals surface area contributed by atoms with Gasteiger partial charge in [-0.2, -0.15) is 18.3 Å². The molecule has 6 nitrogen and oxygen atoms in total. The predicted octanol–water partition coefficient (Wildman–Crippen LogP) is 0.899. The molecule has 0 radical (unpaired) electrons. The number of hydrogen-bond donors (Lipinski definition) is 1. The van der Waals surface area contributed by atoms with E-state index in [0.717, 1.165) is 4.90 Å². The Hall–Kier alpha value is -2.06. The molecule has 9 heteroatoms. The van der Waals surface area contributed by atoms with Crippen molar-refractivity contribution in [3.8, 4) is 0 Å². The van der Waals surface area contributed by atoms with Gasteiger partial charge in [-0.1, -0.05) is 0 Å². The van der Waals surface area contributed by atoms with Crippen LogP contribution in [0.15, 0.2) is 12.3 Å². The molecule has 1 atom stereocenters. The van der Waals surface area contributed by atoms with Crippen molar-refractivity contribution >= 4 is 11.9 Å². The molecule has 1 N–H and O–H groups in total. The van der Waals surface area contributed by atoms with Crippen molar-refractivity contribution in [3.63, 3.8) is 0 Å². The maximum atomic E-state index is 13.0. The number of aliphatic carboxylic acids is 1.